The van der Waals surface area contributed by atoms with Gasteiger partial charge in [-0.15, -0.1) is 0 Å². The first kappa shape index (κ1) is 12.5. The van der Waals surface area contributed by atoms with Gasteiger partial charge < -0.3 is 5.73 Å². The number of rotatable bonds is 4. The van der Waals surface area contributed by atoms with Crippen LogP contribution in [0.5, 0.6) is 0 Å². The second-order valence-corrected chi connectivity index (χ2v) is 5.17. The molecule has 0 aromatic heterocycles. The maximum atomic E-state index is 13.8. The van der Waals surface area contributed by atoms with Crippen molar-refractivity contribution in [2.75, 3.05) is 6.54 Å². The molecule has 0 saturated heterocycles. The fraction of sp³-hybridized carbons (Fsp3) is 0.571. The zero-order valence-corrected chi connectivity index (χ0v) is 10.2. The number of hydrogen-bond donors (Lipinski definition) is 1. The summed E-state index contributed by atoms with van der Waals surface area (Å²) in [6, 6.07) is 3.84. The van der Waals surface area contributed by atoms with Crippen LogP contribution in [0, 0.1) is 17.6 Å². The minimum Gasteiger partial charge on any atom is -0.330 e. The molecule has 0 amide bonds. The molecule has 2 N–H and O–H groups in total. The van der Waals surface area contributed by atoms with Gasteiger partial charge in [0.15, 0.2) is 0 Å². The van der Waals surface area contributed by atoms with E-state index in [1.165, 1.54) is 12.5 Å². The minimum atomic E-state index is -0.525. The van der Waals surface area contributed by atoms with Crippen molar-refractivity contribution >= 4 is 0 Å². The molecule has 1 aliphatic carbocycles. The van der Waals surface area contributed by atoms with Crippen LogP contribution in [0.3, 0.4) is 0 Å². The van der Waals surface area contributed by atoms with Gasteiger partial charge in [0.05, 0.1) is 0 Å². The Morgan fingerprint density at radius 2 is 2.06 bits per heavy atom. The van der Waals surface area contributed by atoms with Gasteiger partial charge in [-0.25, -0.2) is 8.78 Å². The second kappa shape index (κ2) is 4.73. The Hall–Kier alpha value is -0.960. The summed E-state index contributed by atoms with van der Waals surface area (Å²) in [7, 11) is 0. The van der Waals surface area contributed by atoms with Crippen molar-refractivity contribution in [3.05, 3.63) is 35.4 Å². The Balaban J connectivity index is 2.20. The third kappa shape index (κ3) is 2.21. The van der Waals surface area contributed by atoms with E-state index in [4.69, 9.17) is 5.73 Å². The molecule has 0 bridgehead atoms. The molecule has 1 aromatic carbocycles. The highest BCUT2D eigenvalue weighted by Crippen LogP contribution is 2.49. The number of benzene rings is 1. The predicted octanol–water partition coefficient (Wildman–Crippen LogP) is 3.37. The van der Waals surface area contributed by atoms with Crippen LogP contribution in [0.1, 0.15) is 38.2 Å². The summed E-state index contributed by atoms with van der Waals surface area (Å²) in [5.74, 6) is -0.332. The van der Waals surface area contributed by atoms with Gasteiger partial charge in [-0.05, 0) is 30.4 Å². The van der Waals surface area contributed by atoms with Gasteiger partial charge in [0.1, 0.15) is 11.6 Å². The molecule has 0 atom stereocenters. The lowest BCUT2D eigenvalue weighted by Gasteiger charge is -2.48. The normalized spacial score (nSPS) is 27.9. The smallest absolute Gasteiger partial charge is 0.129 e. The van der Waals surface area contributed by atoms with Crippen LogP contribution in [0.15, 0.2) is 18.2 Å². The van der Waals surface area contributed by atoms with Crippen LogP contribution in [0.25, 0.3) is 0 Å². The number of nitrogens with two attached hydrogens (primary N) is 1. The highest BCUT2D eigenvalue weighted by atomic mass is 19.1. The van der Waals surface area contributed by atoms with Crippen molar-refractivity contribution in [2.45, 2.75) is 38.0 Å². The molecule has 0 aliphatic heterocycles. The topological polar surface area (TPSA) is 26.0 Å². The largest absolute Gasteiger partial charge is 0.330 e. The van der Waals surface area contributed by atoms with Crippen LogP contribution in [-0.4, -0.2) is 6.54 Å². The third-order valence-corrected chi connectivity index (χ3v) is 3.95. The minimum absolute atomic E-state index is 0.252. The Labute approximate surface area is 101 Å². The summed E-state index contributed by atoms with van der Waals surface area (Å²) in [6.45, 7) is 2.59. The van der Waals surface area contributed by atoms with Crippen molar-refractivity contribution in [3.63, 3.8) is 0 Å². The van der Waals surface area contributed by atoms with Crippen molar-refractivity contribution < 1.29 is 8.78 Å². The summed E-state index contributed by atoms with van der Waals surface area (Å²) in [6.07, 6.45) is 4.18. The lowest BCUT2D eigenvalue weighted by atomic mass is 9.57. The highest BCUT2D eigenvalue weighted by Gasteiger charge is 2.45. The Morgan fingerprint density at radius 1 is 1.35 bits per heavy atom. The Kier molecular flexibility index (Phi) is 3.48. The quantitative estimate of drug-likeness (QED) is 0.856. The SMILES string of the molecule is CCCC1CC(CN)(c2ccc(F)cc2F)C1. The maximum Gasteiger partial charge on any atom is 0.129 e. The molecule has 1 saturated carbocycles. The fourth-order valence-corrected chi connectivity index (χ4v) is 3.07. The lowest BCUT2D eigenvalue weighted by Crippen LogP contribution is -2.47. The zero-order chi connectivity index (χ0) is 12.5. The summed E-state index contributed by atoms with van der Waals surface area (Å²) in [4.78, 5) is 0. The van der Waals surface area contributed by atoms with E-state index in [1.807, 2.05) is 0 Å². The highest BCUT2D eigenvalue weighted by molar-refractivity contribution is 5.31. The summed E-state index contributed by atoms with van der Waals surface area (Å²) in [5.41, 5.74) is 6.14. The van der Waals surface area contributed by atoms with Crippen LogP contribution in [0.4, 0.5) is 8.78 Å². The molecular formula is C14H19F2N. The molecule has 94 valence electrons. The van der Waals surface area contributed by atoms with Crippen LogP contribution >= 0.6 is 0 Å². The number of halogens is 2. The molecular weight excluding hydrogens is 220 g/mol. The van der Waals surface area contributed by atoms with E-state index in [2.05, 4.69) is 6.92 Å². The van der Waals surface area contributed by atoms with Crippen LogP contribution in [-0.2, 0) is 5.41 Å². The Bertz CT molecular complexity index is 397. The molecule has 1 fully saturated rings. The molecule has 1 aromatic rings. The monoisotopic (exact) mass is 239 g/mol. The van der Waals surface area contributed by atoms with E-state index >= 15 is 0 Å². The summed E-state index contributed by atoms with van der Waals surface area (Å²) < 4.78 is 26.7. The van der Waals surface area contributed by atoms with Gasteiger partial charge in [0, 0.05) is 18.0 Å². The van der Waals surface area contributed by atoms with Gasteiger partial charge in [-0.1, -0.05) is 25.8 Å². The van der Waals surface area contributed by atoms with Crippen molar-refractivity contribution in [1.82, 2.24) is 0 Å². The van der Waals surface area contributed by atoms with Gasteiger partial charge >= 0.3 is 0 Å². The average molecular weight is 239 g/mol. The van der Waals surface area contributed by atoms with Gasteiger partial charge in [0.2, 0.25) is 0 Å². The fourth-order valence-electron chi connectivity index (χ4n) is 3.07. The molecule has 1 aliphatic rings. The molecule has 2 rings (SSSR count). The van der Waals surface area contributed by atoms with Crippen molar-refractivity contribution in [1.29, 1.82) is 0 Å². The van der Waals surface area contributed by atoms with Crippen molar-refractivity contribution in [3.8, 4) is 0 Å². The molecule has 3 heteroatoms. The molecule has 0 radical (unpaired) electrons. The van der Waals surface area contributed by atoms with E-state index in [9.17, 15) is 8.78 Å². The van der Waals surface area contributed by atoms with Crippen molar-refractivity contribution in [2.24, 2.45) is 11.7 Å². The Morgan fingerprint density at radius 3 is 2.59 bits per heavy atom. The molecule has 0 unspecified atom stereocenters. The standard InChI is InChI=1S/C14H19F2N/c1-2-3-10-7-14(8-10,9-17)12-5-4-11(15)6-13(12)16/h4-6,10H,2-3,7-9,17H2,1H3. The first-order valence-electron chi connectivity index (χ1n) is 6.27. The maximum absolute atomic E-state index is 13.8. The van der Waals surface area contributed by atoms with E-state index in [0.29, 0.717) is 18.0 Å². The van der Waals surface area contributed by atoms with Crippen LogP contribution < -0.4 is 5.73 Å². The van der Waals surface area contributed by atoms with Gasteiger partial charge in [-0.3, -0.25) is 0 Å². The van der Waals surface area contributed by atoms with Crippen LogP contribution in [0.2, 0.25) is 0 Å². The van der Waals surface area contributed by atoms with E-state index < -0.39 is 11.6 Å². The van der Waals surface area contributed by atoms with Gasteiger partial charge in [-0.2, -0.15) is 0 Å². The third-order valence-electron chi connectivity index (χ3n) is 3.95. The zero-order valence-electron chi connectivity index (χ0n) is 10.2. The van der Waals surface area contributed by atoms with E-state index in [0.717, 1.165) is 25.3 Å². The first-order chi connectivity index (χ1) is 8.11. The summed E-state index contributed by atoms with van der Waals surface area (Å²) >= 11 is 0. The number of hydrogen-bond acceptors (Lipinski definition) is 1. The van der Waals surface area contributed by atoms with E-state index in [1.54, 1.807) is 6.07 Å². The molecule has 17 heavy (non-hydrogen) atoms. The molecule has 0 spiro atoms. The molecule has 1 nitrogen and oxygen atoms in total. The second-order valence-electron chi connectivity index (χ2n) is 5.17. The molecule has 0 heterocycles. The predicted molar refractivity (Wildman–Crippen MR) is 64.7 cm³/mol. The average Bonchev–Trinajstić information content (AvgIpc) is 2.24. The van der Waals surface area contributed by atoms with E-state index in [-0.39, 0.29) is 5.41 Å². The van der Waals surface area contributed by atoms with Gasteiger partial charge in [0.25, 0.3) is 0 Å². The lowest BCUT2D eigenvalue weighted by molar-refractivity contribution is 0.134. The first-order valence-corrected chi connectivity index (χ1v) is 6.27. The summed E-state index contributed by atoms with van der Waals surface area (Å²) in [5, 5.41) is 0.